The molecule has 0 saturated carbocycles. The predicted octanol–water partition coefficient (Wildman–Crippen LogP) is 3.04. The Balaban J connectivity index is 2.67. The van der Waals surface area contributed by atoms with E-state index in [1.165, 1.54) is 0 Å². The van der Waals surface area contributed by atoms with Crippen LogP contribution in [-0.2, 0) is 14.6 Å². The second-order valence-corrected chi connectivity index (χ2v) is 7.02. The van der Waals surface area contributed by atoms with E-state index in [2.05, 4.69) is 13.8 Å². The van der Waals surface area contributed by atoms with Crippen LogP contribution in [0.15, 0.2) is 60.7 Å². The van der Waals surface area contributed by atoms with E-state index in [9.17, 15) is 9.79 Å². The lowest BCUT2D eigenvalue weighted by molar-refractivity contribution is -0.0156. The van der Waals surface area contributed by atoms with Crippen molar-refractivity contribution in [2.75, 3.05) is 6.61 Å². The normalized spacial score (nSPS) is 12.8. The summed E-state index contributed by atoms with van der Waals surface area (Å²) in [5, 5.41) is 0. The lowest BCUT2D eigenvalue weighted by Crippen LogP contribution is -2.47. The molecule has 2 aromatic rings. The van der Waals surface area contributed by atoms with Crippen molar-refractivity contribution in [2.24, 2.45) is 5.41 Å². The Bertz CT molecular complexity index is 609. The molecule has 4 N–H and O–H groups in total. The minimum absolute atomic E-state index is 0.293. The van der Waals surface area contributed by atoms with Gasteiger partial charge in [-0.05, 0) is 25.0 Å². The van der Waals surface area contributed by atoms with Crippen molar-refractivity contribution in [1.29, 1.82) is 0 Å². The van der Waals surface area contributed by atoms with E-state index in [1.54, 1.807) is 48.5 Å². The summed E-state index contributed by atoms with van der Waals surface area (Å²) in [5.41, 5.74) is -1.71. The fraction of sp³-hybridized carbons (Fsp3) is 0.176. The molecular formula is C17H20O6P2. The van der Waals surface area contributed by atoms with Gasteiger partial charge in [-0.25, -0.2) is 0 Å². The third-order valence-corrected chi connectivity index (χ3v) is 4.58. The maximum Gasteiger partial charge on any atom is 0.328 e. The standard InChI is InChI=1S/C17H20O6P2/c1-16(2,13-22-24(18)19)17(23-25(20)21,14-9-5-3-6-10-14)15-11-7-4-8-12-15/h3-12,18-21H,1-2,13H2. The molecule has 0 aliphatic heterocycles. The molecule has 0 aliphatic carbocycles. The van der Waals surface area contributed by atoms with E-state index >= 15 is 0 Å². The molecule has 2 radical (unpaired) electrons. The minimum atomic E-state index is -2.78. The van der Waals surface area contributed by atoms with Crippen LogP contribution in [0.3, 0.4) is 0 Å². The van der Waals surface area contributed by atoms with Gasteiger partial charge in [0.25, 0.3) is 0 Å². The summed E-state index contributed by atoms with van der Waals surface area (Å²) in [7, 11) is -5.41. The maximum absolute atomic E-state index is 9.66. The Morgan fingerprint density at radius 2 is 1.20 bits per heavy atom. The molecular weight excluding hydrogens is 362 g/mol. The van der Waals surface area contributed by atoms with Crippen molar-refractivity contribution >= 4 is 17.2 Å². The second kappa shape index (κ2) is 8.63. The van der Waals surface area contributed by atoms with Crippen LogP contribution in [0.1, 0.15) is 11.1 Å². The Hall–Kier alpha value is -0.940. The first-order valence-corrected chi connectivity index (χ1v) is 9.62. The van der Waals surface area contributed by atoms with Crippen LogP contribution in [0.4, 0.5) is 0 Å². The van der Waals surface area contributed by atoms with Crippen LogP contribution in [0.2, 0.25) is 0 Å². The van der Waals surface area contributed by atoms with Crippen LogP contribution < -0.4 is 0 Å². The molecule has 25 heavy (non-hydrogen) atoms. The summed E-state index contributed by atoms with van der Waals surface area (Å²) in [6, 6.07) is 17.7. The first kappa shape index (κ1) is 20.4. The van der Waals surface area contributed by atoms with Gasteiger partial charge in [0.05, 0.1) is 6.61 Å². The lowest BCUT2D eigenvalue weighted by atomic mass is 9.67. The fourth-order valence-electron chi connectivity index (χ4n) is 2.73. The highest BCUT2D eigenvalue weighted by Crippen LogP contribution is 2.54. The highest BCUT2D eigenvalue weighted by molar-refractivity contribution is 7.39. The summed E-state index contributed by atoms with van der Waals surface area (Å²) >= 11 is 0. The maximum atomic E-state index is 9.66. The smallest absolute Gasteiger partial charge is 0.328 e. The third kappa shape index (κ3) is 4.62. The fourth-order valence-corrected chi connectivity index (χ4v) is 3.74. The summed E-state index contributed by atoms with van der Waals surface area (Å²) < 4.78 is 10.6. The summed E-state index contributed by atoms with van der Waals surface area (Å²) in [6.07, 6.45) is 0. The largest absolute Gasteiger partial charge is 0.328 e. The average Bonchev–Trinajstić information content (AvgIpc) is 2.59. The molecule has 0 heterocycles. The van der Waals surface area contributed by atoms with Crippen molar-refractivity contribution in [3.05, 3.63) is 85.6 Å². The highest BCUT2D eigenvalue weighted by Gasteiger charge is 2.51. The summed E-state index contributed by atoms with van der Waals surface area (Å²) in [5.74, 6) is 0. The molecule has 0 amide bonds. The van der Waals surface area contributed by atoms with Crippen LogP contribution >= 0.6 is 17.2 Å². The molecule has 0 saturated heterocycles. The molecule has 134 valence electrons. The third-order valence-electron chi connectivity index (χ3n) is 3.78. The van der Waals surface area contributed by atoms with Gasteiger partial charge in [0.15, 0.2) is 0 Å². The van der Waals surface area contributed by atoms with Crippen LogP contribution in [0, 0.1) is 19.3 Å². The van der Waals surface area contributed by atoms with Gasteiger partial charge in [0.2, 0.25) is 0 Å². The Kier molecular flexibility index (Phi) is 7.03. The van der Waals surface area contributed by atoms with E-state index in [4.69, 9.17) is 18.8 Å². The highest BCUT2D eigenvalue weighted by atomic mass is 31.2. The SMILES string of the molecule is [CH2]C([CH2])(COP(O)O)C(OP(O)O)(c1ccccc1)c1ccccc1. The molecule has 2 rings (SSSR count). The average molecular weight is 382 g/mol. The first-order valence-electron chi connectivity index (χ1n) is 7.29. The van der Waals surface area contributed by atoms with Crippen molar-refractivity contribution < 1.29 is 28.6 Å². The number of rotatable bonds is 8. The molecule has 0 bridgehead atoms. The Morgan fingerprint density at radius 3 is 1.56 bits per heavy atom. The van der Waals surface area contributed by atoms with E-state index in [0.29, 0.717) is 11.1 Å². The first-order chi connectivity index (χ1) is 11.8. The molecule has 2 aromatic carbocycles. The summed E-state index contributed by atoms with van der Waals surface area (Å²) in [6.45, 7) is 7.78. The van der Waals surface area contributed by atoms with E-state index in [0.717, 1.165) is 0 Å². The topological polar surface area (TPSA) is 99.4 Å². The van der Waals surface area contributed by atoms with Gasteiger partial charge in [-0.2, -0.15) is 0 Å². The lowest BCUT2D eigenvalue weighted by Gasteiger charge is -2.46. The molecule has 0 unspecified atom stereocenters. The van der Waals surface area contributed by atoms with Crippen molar-refractivity contribution in [1.82, 2.24) is 0 Å². The molecule has 0 spiro atoms. The molecule has 6 nitrogen and oxygen atoms in total. The van der Waals surface area contributed by atoms with Gasteiger partial charge in [-0.1, -0.05) is 60.7 Å². The van der Waals surface area contributed by atoms with Crippen LogP contribution in [0.25, 0.3) is 0 Å². The molecule has 0 aliphatic rings. The van der Waals surface area contributed by atoms with Crippen molar-refractivity contribution in [2.45, 2.75) is 5.60 Å². The Morgan fingerprint density at radius 1 is 0.760 bits per heavy atom. The van der Waals surface area contributed by atoms with Gasteiger partial charge >= 0.3 is 17.2 Å². The van der Waals surface area contributed by atoms with Crippen LogP contribution in [-0.4, -0.2) is 26.2 Å². The number of hydrogen-bond donors (Lipinski definition) is 4. The molecule has 0 atom stereocenters. The van der Waals surface area contributed by atoms with E-state index < -0.39 is 28.2 Å². The number of hydrogen-bond acceptors (Lipinski definition) is 6. The summed E-state index contributed by atoms with van der Waals surface area (Å²) in [4.78, 5) is 37.5. The van der Waals surface area contributed by atoms with Crippen LogP contribution in [0.5, 0.6) is 0 Å². The zero-order valence-electron chi connectivity index (χ0n) is 13.4. The van der Waals surface area contributed by atoms with Gasteiger partial charge in [0.1, 0.15) is 5.60 Å². The quantitative estimate of drug-likeness (QED) is 0.524. The van der Waals surface area contributed by atoms with E-state index in [1.807, 2.05) is 12.1 Å². The molecule has 0 aromatic heterocycles. The zero-order valence-corrected chi connectivity index (χ0v) is 15.2. The van der Waals surface area contributed by atoms with Crippen molar-refractivity contribution in [3.63, 3.8) is 0 Å². The minimum Gasteiger partial charge on any atom is -0.328 e. The van der Waals surface area contributed by atoms with Gasteiger partial charge in [0, 0.05) is 5.41 Å². The Labute approximate surface area is 149 Å². The van der Waals surface area contributed by atoms with Gasteiger partial charge < -0.3 is 24.1 Å². The second-order valence-electron chi connectivity index (χ2n) is 5.56. The number of benzene rings is 2. The molecule has 8 heteroatoms. The zero-order chi connectivity index (χ0) is 18.5. The van der Waals surface area contributed by atoms with Crippen molar-refractivity contribution in [3.8, 4) is 0 Å². The monoisotopic (exact) mass is 382 g/mol. The van der Waals surface area contributed by atoms with E-state index in [-0.39, 0.29) is 6.61 Å². The predicted molar refractivity (Wildman–Crippen MR) is 96.6 cm³/mol. The van der Waals surface area contributed by atoms with Gasteiger partial charge in [-0.15, -0.1) is 0 Å². The molecule has 0 fully saturated rings. The van der Waals surface area contributed by atoms with Gasteiger partial charge in [-0.3, -0.25) is 4.52 Å².